The van der Waals surface area contributed by atoms with E-state index in [1.165, 1.54) is 4.90 Å². The lowest BCUT2D eigenvalue weighted by Gasteiger charge is -2.17. The van der Waals surface area contributed by atoms with Crippen molar-refractivity contribution in [2.24, 2.45) is 0 Å². The van der Waals surface area contributed by atoms with Gasteiger partial charge < -0.3 is 9.47 Å². The monoisotopic (exact) mass is 553 g/mol. The van der Waals surface area contributed by atoms with Crippen molar-refractivity contribution in [2.45, 2.75) is 26.5 Å². The first kappa shape index (κ1) is 26.9. The summed E-state index contributed by atoms with van der Waals surface area (Å²) >= 11 is 13.1. The molecule has 0 saturated carbocycles. The van der Waals surface area contributed by atoms with E-state index in [9.17, 15) is 9.59 Å². The number of allylic oxidation sites excluding steroid dienone is 1. The van der Waals surface area contributed by atoms with E-state index in [0.29, 0.717) is 51.6 Å². The predicted molar refractivity (Wildman–Crippen MR) is 150 cm³/mol. The molecule has 3 aromatic rings. The maximum Gasteiger partial charge on any atom is 0.293 e. The number of hydrogen-bond donors (Lipinski definition) is 0. The minimum absolute atomic E-state index is 0.116. The summed E-state index contributed by atoms with van der Waals surface area (Å²) in [5.74, 6) is 0.805. The van der Waals surface area contributed by atoms with Crippen LogP contribution < -0.4 is 9.47 Å². The molecule has 37 heavy (non-hydrogen) atoms. The van der Waals surface area contributed by atoms with Crippen molar-refractivity contribution in [1.82, 2.24) is 4.90 Å². The third kappa shape index (κ3) is 6.58. The molecule has 0 aliphatic carbocycles. The number of carbonyl (C=O) groups excluding carboxylic acids is 2. The molecule has 2 amide bonds. The lowest BCUT2D eigenvalue weighted by atomic mass is 10.0. The zero-order valence-electron chi connectivity index (χ0n) is 20.2. The molecule has 3 aromatic carbocycles. The van der Waals surface area contributed by atoms with Crippen LogP contribution in [0.3, 0.4) is 0 Å². The quantitative estimate of drug-likeness (QED) is 0.188. The van der Waals surface area contributed by atoms with E-state index in [4.69, 9.17) is 32.7 Å². The van der Waals surface area contributed by atoms with Gasteiger partial charge in [-0.15, -0.1) is 6.58 Å². The summed E-state index contributed by atoms with van der Waals surface area (Å²) in [5.41, 5.74) is 3.26. The molecule has 190 valence electrons. The Hall–Kier alpha value is -3.19. The average Bonchev–Trinajstić information content (AvgIpc) is 3.13. The first-order chi connectivity index (χ1) is 17.9. The standard InChI is InChI=1S/C29H25Cl2NO4S/c1-3-7-21-14-20(15-25(35-4-2)27(21)36-18-19-10-12-23(30)13-11-19)16-26-28(33)32(29(34)37-26)17-22-8-5-6-9-24(22)31/h3,5-6,8-16H,1,4,7,17-18H2,2H3/b26-16-. The minimum Gasteiger partial charge on any atom is -0.490 e. The molecule has 8 heteroatoms. The fraction of sp³-hybridized carbons (Fsp3) is 0.172. The molecule has 4 rings (SSSR count). The maximum atomic E-state index is 13.1. The van der Waals surface area contributed by atoms with Gasteiger partial charge in [-0.3, -0.25) is 14.5 Å². The Kier molecular flexibility index (Phi) is 8.98. The zero-order chi connectivity index (χ0) is 26.4. The first-order valence-corrected chi connectivity index (χ1v) is 13.2. The van der Waals surface area contributed by atoms with Gasteiger partial charge in [0, 0.05) is 15.6 Å². The molecule has 0 spiro atoms. The van der Waals surface area contributed by atoms with Crippen LogP contribution in [0.2, 0.25) is 10.0 Å². The molecule has 1 heterocycles. The van der Waals surface area contributed by atoms with Crippen molar-refractivity contribution in [3.05, 3.63) is 111 Å². The molecule has 1 saturated heterocycles. The van der Waals surface area contributed by atoms with Crippen LogP contribution in [-0.4, -0.2) is 22.7 Å². The summed E-state index contributed by atoms with van der Waals surface area (Å²) in [6.45, 7) is 6.64. The highest BCUT2D eigenvalue weighted by molar-refractivity contribution is 8.18. The van der Waals surface area contributed by atoms with Gasteiger partial charge in [0.05, 0.1) is 18.1 Å². The molecular formula is C29H25Cl2NO4S. The number of rotatable bonds is 10. The molecule has 0 radical (unpaired) electrons. The summed E-state index contributed by atoms with van der Waals surface area (Å²) in [6, 6.07) is 18.3. The summed E-state index contributed by atoms with van der Waals surface area (Å²) in [6.07, 6.45) is 4.02. The average molecular weight is 554 g/mol. The Morgan fingerprint density at radius 1 is 1.00 bits per heavy atom. The van der Waals surface area contributed by atoms with E-state index in [1.54, 1.807) is 30.4 Å². The van der Waals surface area contributed by atoms with E-state index in [0.717, 1.165) is 28.5 Å². The van der Waals surface area contributed by atoms with Gasteiger partial charge in [0.25, 0.3) is 11.1 Å². The predicted octanol–water partition coefficient (Wildman–Crippen LogP) is 7.94. The largest absolute Gasteiger partial charge is 0.490 e. The Bertz CT molecular complexity index is 1350. The highest BCUT2D eigenvalue weighted by Gasteiger charge is 2.35. The van der Waals surface area contributed by atoms with E-state index in [2.05, 4.69) is 6.58 Å². The van der Waals surface area contributed by atoms with E-state index in [1.807, 2.05) is 49.4 Å². The van der Waals surface area contributed by atoms with Gasteiger partial charge in [0.1, 0.15) is 6.61 Å². The Morgan fingerprint density at radius 3 is 2.46 bits per heavy atom. The van der Waals surface area contributed by atoms with E-state index >= 15 is 0 Å². The summed E-state index contributed by atoms with van der Waals surface area (Å²) < 4.78 is 12.1. The second-order valence-electron chi connectivity index (χ2n) is 8.21. The number of benzene rings is 3. The minimum atomic E-state index is -0.360. The maximum absolute atomic E-state index is 13.1. The van der Waals surface area contributed by atoms with Crippen LogP contribution in [0, 0.1) is 0 Å². The lowest BCUT2D eigenvalue weighted by molar-refractivity contribution is -0.123. The number of thioether (sulfide) groups is 1. The summed E-state index contributed by atoms with van der Waals surface area (Å²) in [5, 5.41) is 0.831. The summed E-state index contributed by atoms with van der Waals surface area (Å²) in [4.78, 5) is 27.3. The third-order valence-corrected chi connectivity index (χ3v) is 7.10. The number of nitrogens with zero attached hydrogens (tertiary/aromatic N) is 1. The topological polar surface area (TPSA) is 55.8 Å². The van der Waals surface area contributed by atoms with E-state index in [-0.39, 0.29) is 17.7 Å². The van der Waals surface area contributed by atoms with Crippen molar-refractivity contribution in [1.29, 1.82) is 0 Å². The van der Waals surface area contributed by atoms with Crippen LogP contribution in [-0.2, 0) is 24.4 Å². The highest BCUT2D eigenvalue weighted by atomic mass is 35.5. The fourth-order valence-electron chi connectivity index (χ4n) is 3.82. The zero-order valence-corrected chi connectivity index (χ0v) is 22.5. The van der Waals surface area contributed by atoms with Gasteiger partial charge in [-0.05, 0) is 78.2 Å². The van der Waals surface area contributed by atoms with Crippen molar-refractivity contribution in [3.63, 3.8) is 0 Å². The number of halogens is 2. The Balaban J connectivity index is 1.62. The molecule has 1 fully saturated rings. The fourth-order valence-corrected chi connectivity index (χ4v) is 4.98. The SMILES string of the molecule is C=CCc1cc(/C=C2\SC(=O)N(Cc3ccccc3Cl)C2=O)cc(OCC)c1OCc1ccc(Cl)cc1. The van der Waals surface area contributed by atoms with Crippen molar-refractivity contribution in [3.8, 4) is 11.5 Å². The van der Waals surface area contributed by atoms with Crippen LogP contribution in [0.25, 0.3) is 6.08 Å². The smallest absolute Gasteiger partial charge is 0.293 e. The van der Waals surface area contributed by atoms with Crippen LogP contribution >= 0.6 is 35.0 Å². The van der Waals surface area contributed by atoms with Gasteiger partial charge in [-0.25, -0.2) is 0 Å². The van der Waals surface area contributed by atoms with Crippen molar-refractivity contribution in [2.75, 3.05) is 6.61 Å². The van der Waals surface area contributed by atoms with Crippen LogP contribution in [0.5, 0.6) is 11.5 Å². The van der Waals surface area contributed by atoms with Gasteiger partial charge >= 0.3 is 0 Å². The molecule has 0 unspecified atom stereocenters. The number of carbonyl (C=O) groups is 2. The summed E-state index contributed by atoms with van der Waals surface area (Å²) in [7, 11) is 0. The molecule has 0 N–H and O–H groups in total. The number of hydrogen-bond acceptors (Lipinski definition) is 5. The highest BCUT2D eigenvalue weighted by Crippen LogP contribution is 2.38. The number of imide groups is 1. The van der Waals surface area contributed by atoms with Crippen LogP contribution in [0.1, 0.15) is 29.2 Å². The number of amides is 2. The molecule has 0 aromatic heterocycles. The van der Waals surface area contributed by atoms with Gasteiger partial charge in [-0.2, -0.15) is 0 Å². The second-order valence-corrected chi connectivity index (χ2v) is 10.0. The van der Waals surface area contributed by atoms with Crippen LogP contribution in [0.4, 0.5) is 4.79 Å². The van der Waals surface area contributed by atoms with Gasteiger partial charge in [0.15, 0.2) is 11.5 Å². The van der Waals surface area contributed by atoms with Crippen LogP contribution in [0.15, 0.2) is 78.2 Å². The van der Waals surface area contributed by atoms with Crippen molar-refractivity contribution < 1.29 is 19.1 Å². The third-order valence-electron chi connectivity index (χ3n) is 5.57. The number of ether oxygens (including phenoxy) is 2. The molecule has 0 bridgehead atoms. The molecular weight excluding hydrogens is 529 g/mol. The molecule has 0 atom stereocenters. The second kappa shape index (κ2) is 12.4. The van der Waals surface area contributed by atoms with Crippen molar-refractivity contribution >= 4 is 52.2 Å². The first-order valence-electron chi connectivity index (χ1n) is 11.7. The molecule has 1 aliphatic heterocycles. The van der Waals surface area contributed by atoms with Gasteiger partial charge in [-0.1, -0.05) is 59.6 Å². The van der Waals surface area contributed by atoms with Gasteiger partial charge in [0.2, 0.25) is 0 Å². The Morgan fingerprint density at radius 2 is 1.76 bits per heavy atom. The molecule has 1 aliphatic rings. The lowest BCUT2D eigenvalue weighted by Crippen LogP contribution is -2.27. The van der Waals surface area contributed by atoms with E-state index < -0.39 is 0 Å². The normalized spacial score (nSPS) is 14.4. The Labute approximate surface area is 230 Å². The molecule has 5 nitrogen and oxygen atoms in total.